The first kappa shape index (κ1) is 12.2. The summed E-state index contributed by atoms with van der Waals surface area (Å²) in [5, 5.41) is 3.49. The van der Waals surface area contributed by atoms with Crippen LogP contribution in [0.1, 0.15) is 12.0 Å². The van der Waals surface area contributed by atoms with Gasteiger partial charge in [-0.3, -0.25) is 9.69 Å². The number of nitrogens with one attached hydrogen (secondary N) is 1. The molecule has 0 atom stereocenters. The molecule has 0 bridgehead atoms. The van der Waals surface area contributed by atoms with Gasteiger partial charge >= 0.3 is 0 Å². The van der Waals surface area contributed by atoms with Gasteiger partial charge in [0.05, 0.1) is 6.54 Å². The molecular formula is C12H16ClN3O. The fourth-order valence-corrected chi connectivity index (χ4v) is 2.13. The van der Waals surface area contributed by atoms with E-state index < -0.39 is 0 Å². The van der Waals surface area contributed by atoms with Gasteiger partial charge in [0.2, 0.25) is 5.91 Å². The molecule has 1 aromatic rings. The Hall–Kier alpha value is -1.26. The highest BCUT2D eigenvalue weighted by atomic mass is 35.5. The molecule has 1 heterocycles. The third-order valence-corrected chi connectivity index (χ3v) is 3.08. The molecule has 1 aromatic carbocycles. The predicted octanol–water partition coefficient (Wildman–Crippen LogP) is 1.24. The predicted molar refractivity (Wildman–Crippen MR) is 68.8 cm³/mol. The molecule has 2 rings (SSSR count). The molecule has 5 heteroatoms. The molecule has 0 aromatic heterocycles. The van der Waals surface area contributed by atoms with Crippen LogP contribution in [0.2, 0.25) is 5.02 Å². The van der Waals surface area contributed by atoms with Crippen LogP contribution in [0, 0.1) is 0 Å². The number of nitrogen functional groups attached to an aromatic ring is 1. The smallest absolute Gasteiger partial charge is 0.234 e. The van der Waals surface area contributed by atoms with Gasteiger partial charge in [-0.15, -0.1) is 0 Å². The highest BCUT2D eigenvalue weighted by Crippen LogP contribution is 2.19. The molecule has 92 valence electrons. The summed E-state index contributed by atoms with van der Waals surface area (Å²) in [6, 6.07) is 5.49. The Morgan fingerprint density at radius 1 is 1.47 bits per heavy atom. The summed E-state index contributed by atoms with van der Waals surface area (Å²) in [6.45, 7) is 2.78. The van der Waals surface area contributed by atoms with Crippen LogP contribution in [0.4, 0.5) is 5.69 Å². The lowest BCUT2D eigenvalue weighted by Crippen LogP contribution is -2.32. The fraction of sp³-hybridized carbons (Fsp3) is 0.417. The number of hydrogen-bond acceptors (Lipinski definition) is 3. The van der Waals surface area contributed by atoms with Crippen LogP contribution in [-0.4, -0.2) is 30.4 Å². The normalized spacial score (nSPS) is 17.6. The van der Waals surface area contributed by atoms with Crippen LogP contribution in [0.25, 0.3) is 0 Å². The van der Waals surface area contributed by atoms with E-state index in [1.165, 1.54) is 0 Å². The molecule has 0 saturated carbocycles. The Labute approximate surface area is 106 Å². The van der Waals surface area contributed by atoms with Crippen molar-refractivity contribution in [1.29, 1.82) is 0 Å². The second-order valence-corrected chi connectivity index (χ2v) is 4.69. The molecule has 1 fully saturated rings. The van der Waals surface area contributed by atoms with E-state index in [4.69, 9.17) is 17.3 Å². The molecule has 1 aliphatic rings. The first-order valence-electron chi connectivity index (χ1n) is 5.68. The highest BCUT2D eigenvalue weighted by molar-refractivity contribution is 6.30. The van der Waals surface area contributed by atoms with Gasteiger partial charge < -0.3 is 11.1 Å². The number of nitrogens with two attached hydrogens (primary N) is 1. The maximum atomic E-state index is 11.4. The third kappa shape index (κ3) is 3.35. The Balaban J connectivity index is 2.06. The summed E-state index contributed by atoms with van der Waals surface area (Å²) < 4.78 is 0. The lowest BCUT2D eigenvalue weighted by molar-refractivity contribution is -0.121. The topological polar surface area (TPSA) is 58.4 Å². The fourth-order valence-electron chi connectivity index (χ4n) is 1.95. The summed E-state index contributed by atoms with van der Waals surface area (Å²) in [7, 11) is 0. The molecule has 0 spiro atoms. The summed E-state index contributed by atoms with van der Waals surface area (Å²) in [4.78, 5) is 13.5. The Morgan fingerprint density at radius 3 is 3.06 bits per heavy atom. The van der Waals surface area contributed by atoms with E-state index in [0.717, 1.165) is 25.1 Å². The molecule has 0 aliphatic carbocycles. The lowest BCUT2D eigenvalue weighted by atomic mass is 10.1. The average molecular weight is 254 g/mol. The van der Waals surface area contributed by atoms with Crippen LogP contribution in [0.15, 0.2) is 18.2 Å². The average Bonchev–Trinajstić information content (AvgIpc) is 2.47. The highest BCUT2D eigenvalue weighted by Gasteiger charge is 2.15. The van der Waals surface area contributed by atoms with E-state index in [1.807, 2.05) is 12.1 Å². The summed E-state index contributed by atoms with van der Waals surface area (Å²) in [5.74, 6) is 0.0787. The molecule has 4 nitrogen and oxygen atoms in total. The van der Waals surface area contributed by atoms with Crippen molar-refractivity contribution in [2.24, 2.45) is 0 Å². The number of halogens is 1. The molecule has 1 amide bonds. The second kappa shape index (κ2) is 5.38. The van der Waals surface area contributed by atoms with Crippen molar-refractivity contribution in [3.05, 3.63) is 28.8 Å². The first-order chi connectivity index (χ1) is 8.15. The van der Waals surface area contributed by atoms with Crippen molar-refractivity contribution in [2.75, 3.05) is 25.4 Å². The molecule has 3 N–H and O–H groups in total. The van der Waals surface area contributed by atoms with Gasteiger partial charge in [0.1, 0.15) is 0 Å². The number of carbonyl (C=O) groups excluding carboxylic acids is 1. The minimum atomic E-state index is 0.0787. The summed E-state index contributed by atoms with van der Waals surface area (Å²) in [5.41, 5.74) is 7.60. The Morgan fingerprint density at radius 2 is 2.29 bits per heavy atom. The Kier molecular flexibility index (Phi) is 3.86. The van der Waals surface area contributed by atoms with E-state index in [-0.39, 0.29) is 5.91 Å². The number of carbonyl (C=O) groups is 1. The van der Waals surface area contributed by atoms with Crippen LogP contribution in [0.3, 0.4) is 0 Å². The molecule has 1 aliphatic heterocycles. The first-order valence-corrected chi connectivity index (χ1v) is 6.06. The zero-order valence-corrected chi connectivity index (χ0v) is 10.3. The number of benzene rings is 1. The van der Waals surface area contributed by atoms with Gasteiger partial charge in [0.15, 0.2) is 0 Å². The molecule has 0 radical (unpaired) electrons. The Bertz CT molecular complexity index is 422. The van der Waals surface area contributed by atoms with Crippen molar-refractivity contribution in [3.8, 4) is 0 Å². The van der Waals surface area contributed by atoms with Crippen LogP contribution in [0.5, 0.6) is 0 Å². The standard InChI is InChI=1S/C12H16ClN3O/c13-10-3-2-9(11(14)6-10)7-16-5-1-4-15-12(17)8-16/h2-3,6H,1,4-5,7-8,14H2,(H,15,17). The second-order valence-electron chi connectivity index (χ2n) is 4.26. The molecule has 1 saturated heterocycles. The largest absolute Gasteiger partial charge is 0.398 e. The summed E-state index contributed by atoms with van der Waals surface area (Å²) >= 11 is 5.85. The van der Waals surface area contributed by atoms with Crippen molar-refractivity contribution >= 4 is 23.2 Å². The quantitative estimate of drug-likeness (QED) is 0.780. The molecular weight excluding hydrogens is 238 g/mol. The van der Waals surface area contributed by atoms with Gasteiger partial charge in [-0.2, -0.15) is 0 Å². The number of rotatable bonds is 2. The number of nitrogens with zero attached hydrogens (tertiary/aromatic N) is 1. The van der Waals surface area contributed by atoms with Crippen molar-refractivity contribution in [3.63, 3.8) is 0 Å². The third-order valence-electron chi connectivity index (χ3n) is 2.84. The van der Waals surface area contributed by atoms with Crippen molar-refractivity contribution in [1.82, 2.24) is 10.2 Å². The maximum absolute atomic E-state index is 11.4. The van der Waals surface area contributed by atoms with Crippen LogP contribution >= 0.6 is 11.6 Å². The van der Waals surface area contributed by atoms with E-state index in [9.17, 15) is 4.79 Å². The van der Waals surface area contributed by atoms with E-state index in [1.54, 1.807) is 6.07 Å². The lowest BCUT2D eigenvalue weighted by Gasteiger charge is -2.19. The zero-order valence-electron chi connectivity index (χ0n) is 9.58. The number of hydrogen-bond donors (Lipinski definition) is 2. The maximum Gasteiger partial charge on any atom is 0.234 e. The SMILES string of the molecule is Nc1cc(Cl)ccc1CN1CCCNC(=O)C1. The van der Waals surface area contributed by atoms with E-state index in [2.05, 4.69) is 10.2 Å². The van der Waals surface area contributed by atoms with Gasteiger partial charge in [0.25, 0.3) is 0 Å². The van der Waals surface area contributed by atoms with E-state index in [0.29, 0.717) is 23.8 Å². The van der Waals surface area contributed by atoms with Crippen molar-refractivity contribution < 1.29 is 4.79 Å². The molecule has 17 heavy (non-hydrogen) atoms. The minimum Gasteiger partial charge on any atom is -0.398 e. The molecule has 0 unspecified atom stereocenters. The summed E-state index contributed by atoms with van der Waals surface area (Å²) in [6.07, 6.45) is 0.971. The zero-order chi connectivity index (χ0) is 12.3. The van der Waals surface area contributed by atoms with Gasteiger partial charge in [-0.25, -0.2) is 0 Å². The van der Waals surface area contributed by atoms with Gasteiger partial charge in [0, 0.05) is 30.3 Å². The monoisotopic (exact) mass is 253 g/mol. The van der Waals surface area contributed by atoms with Crippen LogP contribution < -0.4 is 11.1 Å². The van der Waals surface area contributed by atoms with E-state index >= 15 is 0 Å². The minimum absolute atomic E-state index is 0.0787. The van der Waals surface area contributed by atoms with Crippen molar-refractivity contribution in [2.45, 2.75) is 13.0 Å². The number of amides is 1. The van der Waals surface area contributed by atoms with Gasteiger partial charge in [-0.1, -0.05) is 17.7 Å². The number of anilines is 1. The van der Waals surface area contributed by atoms with Crippen LogP contribution in [-0.2, 0) is 11.3 Å². The van der Waals surface area contributed by atoms with Gasteiger partial charge in [-0.05, 0) is 24.1 Å².